The molecule has 0 saturated carbocycles. The third-order valence-electron chi connectivity index (χ3n) is 2.90. The van der Waals surface area contributed by atoms with Crippen LogP contribution in [0.5, 0.6) is 5.75 Å². The lowest BCUT2D eigenvalue weighted by Crippen LogP contribution is -2.04. The van der Waals surface area contributed by atoms with Gasteiger partial charge in [-0.05, 0) is 18.9 Å². The summed E-state index contributed by atoms with van der Waals surface area (Å²) in [7, 11) is 1.64. The smallest absolute Gasteiger partial charge is 0.122 e. The molecule has 0 aliphatic heterocycles. The van der Waals surface area contributed by atoms with Crippen LogP contribution in [-0.2, 0) is 6.54 Å². The van der Waals surface area contributed by atoms with Crippen molar-refractivity contribution < 1.29 is 4.74 Å². The zero-order valence-corrected chi connectivity index (χ0v) is 11.2. The van der Waals surface area contributed by atoms with Crippen molar-refractivity contribution >= 4 is 11.4 Å². The molecule has 0 aliphatic carbocycles. The number of hydrogen-bond acceptors (Lipinski definition) is 4. The molecule has 0 fully saturated rings. The summed E-state index contributed by atoms with van der Waals surface area (Å²) < 4.78 is 7.27. The Balaban J connectivity index is 1.72. The van der Waals surface area contributed by atoms with Crippen LogP contribution in [0.3, 0.4) is 0 Å². The molecule has 0 unspecified atom stereocenters. The summed E-state index contributed by atoms with van der Waals surface area (Å²) in [5, 5.41) is 3.36. The van der Waals surface area contributed by atoms with Gasteiger partial charge in [-0.2, -0.15) is 0 Å². The largest absolute Gasteiger partial charge is 0.497 e. The minimum Gasteiger partial charge on any atom is -0.497 e. The standard InChI is InChI=1S/C14H20N4O/c1-19-14-9-12(15)8-13(10-14)17-4-2-3-6-18-7-5-16-11-18/h5,7-11,17H,2-4,6,15H2,1H3. The van der Waals surface area contributed by atoms with E-state index in [1.807, 2.05) is 30.7 Å². The number of rotatable bonds is 7. The van der Waals surface area contributed by atoms with Gasteiger partial charge in [0.1, 0.15) is 5.75 Å². The number of nitrogen functional groups attached to an aromatic ring is 1. The molecule has 0 bridgehead atoms. The number of aryl methyl sites for hydroxylation is 1. The van der Waals surface area contributed by atoms with Gasteiger partial charge in [0.25, 0.3) is 0 Å². The van der Waals surface area contributed by atoms with Gasteiger partial charge in [-0.1, -0.05) is 0 Å². The van der Waals surface area contributed by atoms with E-state index in [1.165, 1.54) is 0 Å². The van der Waals surface area contributed by atoms with Crippen LogP contribution in [0.2, 0.25) is 0 Å². The molecule has 0 aliphatic rings. The van der Waals surface area contributed by atoms with Crippen molar-refractivity contribution in [1.29, 1.82) is 0 Å². The topological polar surface area (TPSA) is 65.1 Å². The van der Waals surface area contributed by atoms with Crippen LogP contribution in [-0.4, -0.2) is 23.2 Å². The van der Waals surface area contributed by atoms with E-state index in [-0.39, 0.29) is 0 Å². The third kappa shape index (κ3) is 4.21. The van der Waals surface area contributed by atoms with Crippen LogP contribution in [0.1, 0.15) is 12.8 Å². The highest BCUT2D eigenvalue weighted by atomic mass is 16.5. The summed E-state index contributed by atoms with van der Waals surface area (Å²) in [4.78, 5) is 4.02. The van der Waals surface area contributed by atoms with Crippen molar-refractivity contribution in [3.8, 4) is 5.75 Å². The fourth-order valence-electron chi connectivity index (χ4n) is 1.91. The van der Waals surface area contributed by atoms with Gasteiger partial charge in [-0.3, -0.25) is 0 Å². The van der Waals surface area contributed by atoms with Crippen LogP contribution in [0.25, 0.3) is 0 Å². The predicted molar refractivity (Wildman–Crippen MR) is 77.4 cm³/mol. The van der Waals surface area contributed by atoms with Gasteiger partial charge in [0.05, 0.1) is 13.4 Å². The summed E-state index contributed by atoms with van der Waals surface area (Å²) in [6, 6.07) is 5.68. The zero-order chi connectivity index (χ0) is 13.5. The monoisotopic (exact) mass is 260 g/mol. The first kappa shape index (κ1) is 13.3. The van der Waals surface area contributed by atoms with Gasteiger partial charge in [0.2, 0.25) is 0 Å². The number of nitrogens with one attached hydrogen (secondary N) is 1. The van der Waals surface area contributed by atoms with E-state index in [4.69, 9.17) is 10.5 Å². The first-order chi connectivity index (χ1) is 9.28. The summed E-state index contributed by atoms with van der Waals surface area (Å²) in [6.45, 7) is 1.92. The molecule has 0 radical (unpaired) electrons. The Morgan fingerprint density at radius 2 is 2.21 bits per heavy atom. The van der Waals surface area contributed by atoms with Gasteiger partial charge in [-0.15, -0.1) is 0 Å². The number of methoxy groups -OCH3 is 1. The maximum absolute atomic E-state index is 5.80. The highest BCUT2D eigenvalue weighted by molar-refractivity contribution is 5.59. The number of ether oxygens (including phenoxy) is 1. The average molecular weight is 260 g/mol. The maximum Gasteiger partial charge on any atom is 0.122 e. The number of imidazole rings is 1. The molecule has 5 heteroatoms. The average Bonchev–Trinajstić information content (AvgIpc) is 2.91. The fraction of sp³-hybridized carbons (Fsp3) is 0.357. The molecule has 2 rings (SSSR count). The van der Waals surface area contributed by atoms with Gasteiger partial charge in [0.15, 0.2) is 0 Å². The molecule has 2 aromatic rings. The second kappa shape index (κ2) is 6.68. The van der Waals surface area contributed by atoms with Crippen LogP contribution in [0.15, 0.2) is 36.9 Å². The molecule has 3 N–H and O–H groups in total. The van der Waals surface area contributed by atoms with Crippen molar-refractivity contribution in [1.82, 2.24) is 9.55 Å². The van der Waals surface area contributed by atoms with Gasteiger partial charge < -0.3 is 20.4 Å². The molecule has 0 spiro atoms. The molecule has 102 valence electrons. The minimum absolute atomic E-state index is 0.709. The summed E-state index contributed by atoms with van der Waals surface area (Å²) in [5.74, 6) is 0.779. The number of anilines is 2. The van der Waals surface area contributed by atoms with Crippen LogP contribution >= 0.6 is 0 Å². The Morgan fingerprint density at radius 3 is 2.95 bits per heavy atom. The Bertz CT molecular complexity index is 496. The third-order valence-corrected chi connectivity index (χ3v) is 2.90. The summed E-state index contributed by atoms with van der Waals surface area (Å²) in [6.07, 6.45) is 7.84. The lowest BCUT2D eigenvalue weighted by Gasteiger charge is -2.09. The number of unbranched alkanes of at least 4 members (excludes halogenated alkanes) is 1. The Morgan fingerprint density at radius 1 is 1.32 bits per heavy atom. The van der Waals surface area contributed by atoms with E-state index in [9.17, 15) is 0 Å². The maximum atomic E-state index is 5.80. The Hall–Kier alpha value is -2.17. The first-order valence-corrected chi connectivity index (χ1v) is 6.42. The van der Waals surface area contributed by atoms with E-state index < -0.39 is 0 Å². The predicted octanol–water partition coefficient (Wildman–Crippen LogP) is 2.37. The number of nitrogens with two attached hydrogens (primary N) is 1. The highest BCUT2D eigenvalue weighted by Gasteiger charge is 1.98. The number of nitrogens with zero attached hydrogens (tertiary/aromatic N) is 2. The SMILES string of the molecule is COc1cc(N)cc(NCCCCn2ccnc2)c1. The second-order valence-corrected chi connectivity index (χ2v) is 4.43. The molecule has 0 amide bonds. The molecule has 1 aromatic heterocycles. The number of hydrogen-bond donors (Lipinski definition) is 2. The van der Waals surface area contributed by atoms with E-state index >= 15 is 0 Å². The van der Waals surface area contributed by atoms with E-state index in [2.05, 4.69) is 14.9 Å². The van der Waals surface area contributed by atoms with E-state index in [1.54, 1.807) is 13.3 Å². The molecule has 0 atom stereocenters. The molecular formula is C14H20N4O. The highest BCUT2D eigenvalue weighted by Crippen LogP contribution is 2.22. The first-order valence-electron chi connectivity index (χ1n) is 6.42. The molecule has 1 aromatic carbocycles. The number of benzene rings is 1. The second-order valence-electron chi connectivity index (χ2n) is 4.43. The molecule has 19 heavy (non-hydrogen) atoms. The van der Waals surface area contributed by atoms with Crippen LogP contribution < -0.4 is 15.8 Å². The molecule has 0 saturated heterocycles. The molecule has 5 nitrogen and oxygen atoms in total. The lowest BCUT2D eigenvalue weighted by molar-refractivity contribution is 0.415. The summed E-state index contributed by atoms with van der Waals surface area (Å²) >= 11 is 0. The van der Waals surface area contributed by atoms with Crippen LogP contribution in [0.4, 0.5) is 11.4 Å². The quantitative estimate of drug-likeness (QED) is 0.592. The van der Waals surface area contributed by atoms with Gasteiger partial charge >= 0.3 is 0 Å². The van der Waals surface area contributed by atoms with Crippen molar-refractivity contribution in [3.63, 3.8) is 0 Å². The van der Waals surface area contributed by atoms with Crippen molar-refractivity contribution in [2.24, 2.45) is 0 Å². The Kier molecular flexibility index (Phi) is 4.66. The van der Waals surface area contributed by atoms with E-state index in [0.29, 0.717) is 5.69 Å². The van der Waals surface area contributed by atoms with Gasteiger partial charge in [0, 0.05) is 49.0 Å². The van der Waals surface area contributed by atoms with Crippen molar-refractivity contribution in [3.05, 3.63) is 36.9 Å². The Labute approximate surface area is 113 Å². The van der Waals surface area contributed by atoms with Crippen molar-refractivity contribution in [2.75, 3.05) is 24.7 Å². The van der Waals surface area contributed by atoms with E-state index in [0.717, 1.165) is 37.4 Å². The van der Waals surface area contributed by atoms with Crippen molar-refractivity contribution in [2.45, 2.75) is 19.4 Å². The lowest BCUT2D eigenvalue weighted by atomic mass is 10.2. The summed E-state index contributed by atoms with van der Waals surface area (Å²) in [5.41, 5.74) is 7.51. The minimum atomic E-state index is 0.709. The number of aromatic nitrogens is 2. The molecule has 1 heterocycles. The van der Waals surface area contributed by atoms with Crippen LogP contribution in [0, 0.1) is 0 Å². The van der Waals surface area contributed by atoms with Gasteiger partial charge in [-0.25, -0.2) is 4.98 Å². The zero-order valence-electron chi connectivity index (χ0n) is 11.2. The molecular weight excluding hydrogens is 240 g/mol. The fourth-order valence-corrected chi connectivity index (χ4v) is 1.91. The normalized spacial score (nSPS) is 10.4.